The minimum Gasteiger partial charge on any atom is -0.326 e. The van der Waals surface area contributed by atoms with Crippen molar-refractivity contribution in [1.82, 2.24) is 14.5 Å². The maximum absolute atomic E-state index is 13.1. The molecule has 1 N–H and O–H groups in total. The third-order valence-corrected chi connectivity index (χ3v) is 6.94. The number of rotatable bonds is 6. The van der Waals surface area contributed by atoms with Gasteiger partial charge >= 0.3 is 0 Å². The number of halogens is 1. The normalized spacial score (nSPS) is 17.9. The first-order chi connectivity index (χ1) is 17.0. The van der Waals surface area contributed by atoms with Gasteiger partial charge in [0.2, 0.25) is 5.91 Å². The summed E-state index contributed by atoms with van der Waals surface area (Å²) >= 11 is 6.09. The second kappa shape index (κ2) is 10.0. The second-order valence-corrected chi connectivity index (χ2v) is 9.45. The van der Waals surface area contributed by atoms with Gasteiger partial charge in [0, 0.05) is 40.9 Å². The van der Waals surface area contributed by atoms with Gasteiger partial charge < -0.3 is 9.88 Å². The smallest absolute Gasteiger partial charge is 0.227 e. The highest BCUT2D eigenvalue weighted by Crippen LogP contribution is 2.38. The van der Waals surface area contributed by atoms with E-state index < -0.39 is 0 Å². The molecule has 1 aliphatic rings. The molecule has 1 saturated carbocycles. The van der Waals surface area contributed by atoms with Crippen molar-refractivity contribution in [2.24, 2.45) is 5.92 Å². The Labute approximate surface area is 209 Å². The largest absolute Gasteiger partial charge is 0.326 e. The highest BCUT2D eigenvalue weighted by molar-refractivity contribution is 6.30. The number of imidazole rings is 1. The fourth-order valence-electron chi connectivity index (χ4n) is 4.97. The lowest BCUT2D eigenvalue weighted by Crippen LogP contribution is -2.29. The predicted molar refractivity (Wildman–Crippen MR) is 139 cm³/mol. The van der Waals surface area contributed by atoms with E-state index >= 15 is 0 Å². The van der Waals surface area contributed by atoms with E-state index in [1.807, 2.05) is 55.5 Å². The number of amides is 1. The summed E-state index contributed by atoms with van der Waals surface area (Å²) in [5.74, 6) is 0.748. The molecule has 1 amide bonds. The lowest BCUT2D eigenvalue weighted by molar-refractivity contribution is -0.121. The van der Waals surface area contributed by atoms with Crippen LogP contribution in [0.15, 0.2) is 66.9 Å². The SMILES string of the molecule is CCC(=O)c1ccc2c(c1)nc(-c1ccccn1)n2C1CCCC(C(=O)Nc2cccc(Cl)c2)C1. The Kier molecular flexibility index (Phi) is 6.64. The summed E-state index contributed by atoms with van der Waals surface area (Å²) in [6.07, 6.45) is 5.63. The van der Waals surface area contributed by atoms with Crippen LogP contribution in [-0.4, -0.2) is 26.2 Å². The molecule has 0 aliphatic heterocycles. The van der Waals surface area contributed by atoms with Crippen molar-refractivity contribution in [3.05, 3.63) is 77.4 Å². The van der Waals surface area contributed by atoms with Gasteiger partial charge in [0.25, 0.3) is 0 Å². The van der Waals surface area contributed by atoms with Gasteiger partial charge in [0.15, 0.2) is 11.6 Å². The minimum absolute atomic E-state index is 0.0107. The van der Waals surface area contributed by atoms with Gasteiger partial charge in [-0.3, -0.25) is 14.6 Å². The molecule has 2 atom stereocenters. The average Bonchev–Trinajstić information content (AvgIpc) is 3.27. The Bertz CT molecular complexity index is 1380. The van der Waals surface area contributed by atoms with Crippen molar-refractivity contribution in [1.29, 1.82) is 0 Å². The molecule has 7 heteroatoms. The van der Waals surface area contributed by atoms with Crippen LogP contribution in [0.1, 0.15) is 55.4 Å². The molecule has 35 heavy (non-hydrogen) atoms. The predicted octanol–water partition coefficient (Wildman–Crippen LogP) is 6.71. The molecule has 2 aromatic carbocycles. The second-order valence-electron chi connectivity index (χ2n) is 9.02. The molecule has 2 heterocycles. The van der Waals surface area contributed by atoms with Crippen LogP contribution < -0.4 is 5.32 Å². The van der Waals surface area contributed by atoms with Gasteiger partial charge in [-0.05, 0) is 67.8 Å². The number of nitrogens with zero attached hydrogens (tertiary/aromatic N) is 3. The minimum atomic E-state index is -0.122. The van der Waals surface area contributed by atoms with E-state index in [-0.39, 0.29) is 23.7 Å². The topological polar surface area (TPSA) is 76.9 Å². The van der Waals surface area contributed by atoms with Crippen molar-refractivity contribution in [2.75, 3.05) is 5.32 Å². The summed E-state index contributed by atoms with van der Waals surface area (Å²) in [6, 6.07) is 18.8. The van der Waals surface area contributed by atoms with Gasteiger partial charge in [0.05, 0.1) is 11.0 Å². The molecule has 4 aromatic rings. The average molecular weight is 487 g/mol. The van der Waals surface area contributed by atoms with E-state index in [9.17, 15) is 9.59 Å². The molecular weight excluding hydrogens is 460 g/mol. The van der Waals surface area contributed by atoms with Gasteiger partial charge in [-0.15, -0.1) is 0 Å². The molecule has 2 aromatic heterocycles. The highest BCUT2D eigenvalue weighted by Gasteiger charge is 2.31. The lowest BCUT2D eigenvalue weighted by Gasteiger charge is -2.30. The number of pyridine rings is 1. The number of ketones is 1. The van der Waals surface area contributed by atoms with Crippen LogP contribution in [0.4, 0.5) is 5.69 Å². The van der Waals surface area contributed by atoms with Gasteiger partial charge in [-0.1, -0.05) is 37.1 Å². The number of aromatic nitrogens is 3. The van der Waals surface area contributed by atoms with E-state index in [0.29, 0.717) is 29.1 Å². The molecule has 0 spiro atoms. The molecule has 6 nitrogen and oxygen atoms in total. The number of hydrogen-bond donors (Lipinski definition) is 1. The number of anilines is 1. The van der Waals surface area contributed by atoms with Crippen LogP contribution in [-0.2, 0) is 4.79 Å². The lowest BCUT2D eigenvalue weighted by atomic mass is 9.84. The van der Waals surface area contributed by atoms with E-state index in [4.69, 9.17) is 16.6 Å². The van der Waals surface area contributed by atoms with E-state index in [1.165, 1.54) is 0 Å². The van der Waals surface area contributed by atoms with Gasteiger partial charge in [-0.2, -0.15) is 0 Å². The maximum atomic E-state index is 13.1. The summed E-state index contributed by atoms with van der Waals surface area (Å²) in [5, 5.41) is 3.62. The first-order valence-corrected chi connectivity index (χ1v) is 12.4. The van der Waals surface area contributed by atoms with Crippen LogP contribution in [0, 0.1) is 5.92 Å². The number of benzene rings is 2. The van der Waals surface area contributed by atoms with Crippen molar-refractivity contribution in [3.63, 3.8) is 0 Å². The third-order valence-electron chi connectivity index (χ3n) is 6.70. The van der Waals surface area contributed by atoms with Crippen LogP contribution >= 0.6 is 11.6 Å². The zero-order valence-corrected chi connectivity index (χ0v) is 20.3. The Morgan fingerprint density at radius 2 is 1.97 bits per heavy atom. The number of carbonyl (C=O) groups excluding carboxylic acids is 2. The fraction of sp³-hybridized carbons (Fsp3) is 0.286. The maximum Gasteiger partial charge on any atom is 0.227 e. The van der Waals surface area contributed by atoms with Crippen LogP contribution in [0.2, 0.25) is 5.02 Å². The molecule has 2 unspecified atom stereocenters. The van der Waals surface area contributed by atoms with Crippen molar-refractivity contribution in [3.8, 4) is 11.5 Å². The van der Waals surface area contributed by atoms with Crippen LogP contribution in [0.25, 0.3) is 22.6 Å². The summed E-state index contributed by atoms with van der Waals surface area (Å²) < 4.78 is 2.22. The number of nitrogens with one attached hydrogen (secondary N) is 1. The summed E-state index contributed by atoms with van der Waals surface area (Å²) in [4.78, 5) is 34.9. The molecule has 178 valence electrons. The van der Waals surface area contributed by atoms with Crippen molar-refractivity contribution in [2.45, 2.75) is 45.1 Å². The molecule has 1 aliphatic carbocycles. The van der Waals surface area contributed by atoms with Crippen LogP contribution in [0.5, 0.6) is 0 Å². The Hall–Kier alpha value is -3.51. The van der Waals surface area contributed by atoms with Gasteiger partial charge in [0.1, 0.15) is 5.69 Å². The standard InChI is InChI=1S/C28H27ClN4O2/c1-2-26(34)18-12-13-25-24(16-18)32-27(23-11-3-4-14-30-23)33(25)22-10-5-7-19(15-22)28(35)31-21-9-6-8-20(29)17-21/h3-4,6,8-9,11-14,16-17,19,22H,2,5,7,10,15H2,1H3,(H,31,35). The van der Waals surface area contributed by atoms with Gasteiger partial charge in [-0.25, -0.2) is 4.98 Å². The molecule has 0 bridgehead atoms. The fourth-order valence-corrected chi connectivity index (χ4v) is 5.16. The van der Waals surface area contributed by atoms with E-state index in [1.54, 1.807) is 18.3 Å². The van der Waals surface area contributed by atoms with E-state index in [2.05, 4.69) is 14.9 Å². The quantitative estimate of drug-likeness (QED) is 0.307. The zero-order valence-electron chi connectivity index (χ0n) is 19.6. The monoisotopic (exact) mass is 486 g/mol. The van der Waals surface area contributed by atoms with Crippen LogP contribution in [0.3, 0.4) is 0 Å². The molecule has 0 saturated heterocycles. The first kappa shape index (κ1) is 23.2. The number of carbonyl (C=O) groups is 2. The summed E-state index contributed by atoms with van der Waals surface area (Å²) in [7, 11) is 0. The molecule has 1 fully saturated rings. The highest BCUT2D eigenvalue weighted by atomic mass is 35.5. The van der Waals surface area contributed by atoms with Crippen molar-refractivity contribution >= 4 is 40.0 Å². The Morgan fingerprint density at radius 3 is 2.74 bits per heavy atom. The summed E-state index contributed by atoms with van der Waals surface area (Å²) in [6.45, 7) is 1.86. The van der Waals surface area contributed by atoms with Crippen molar-refractivity contribution < 1.29 is 9.59 Å². The zero-order chi connectivity index (χ0) is 24.4. The number of fused-ring (bicyclic) bond motifs is 1. The molecule has 5 rings (SSSR count). The van der Waals surface area contributed by atoms with E-state index in [0.717, 1.165) is 41.8 Å². The summed E-state index contributed by atoms with van der Waals surface area (Å²) in [5.41, 5.74) is 3.88. The Morgan fingerprint density at radius 1 is 1.09 bits per heavy atom. The Balaban J connectivity index is 1.49. The third kappa shape index (κ3) is 4.84. The molecule has 0 radical (unpaired) electrons. The number of hydrogen-bond acceptors (Lipinski definition) is 4. The molecular formula is C28H27ClN4O2. The first-order valence-electron chi connectivity index (χ1n) is 12.1. The number of Topliss-reactive ketones (excluding diaryl/α,β-unsaturated/α-hetero) is 1.